The van der Waals surface area contributed by atoms with Crippen molar-refractivity contribution in [2.45, 2.75) is 20.0 Å². The fourth-order valence-corrected chi connectivity index (χ4v) is 3.55. The summed E-state index contributed by atoms with van der Waals surface area (Å²) in [5.41, 5.74) is 0.500. The van der Waals surface area contributed by atoms with E-state index in [4.69, 9.17) is 19.3 Å². The smallest absolute Gasteiger partial charge is 0.341 e. The third kappa shape index (κ3) is 5.97. The van der Waals surface area contributed by atoms with Gasteiger partial charge >= 0.3 is 11.9 Å². The SMILES string of the molecule is COc1cc(/C=C2/SC(=O)N(CC(=O)OC(C)C)C2=O)c(Br)cc1OCC(=O)O. The molecule has 1 aromatic carbocycles. The Hall–Kier alpha value is -2.53. The molecular weight excluding hydrogens is 470 g/mol. The Bertz CT molecular complexity index is 883. The highest BCUT2D eigenvalue weighted by Gasteiger charge is 2.37. The van der Waals surface area contributed by atoms with Crippen molar-refractivity contribution in [1.29, 1.82) is 0 Å². The van der Waals surface area contributed by atoms with Gasteiger partial charge in [0, 0.05) is 4.47 Å². The minimum atomic E-state index is -1.14. The number of hydrogen-bond acceptors (Lipinski definition) is 8. The molecule has 29 heavy (non-hydrogen) atoms. The number of methoxy groups -OCH3 is 1. The van der Waals surface area contributed by atoms with Crippen LogP contribution in [0.5, 0.6) is 11.5 Å². The second-order valence-electron chi connectivity index (χ2n) is 6.01. The predicted octanol–water partition coefficient (Wildman–Crippen LogP) is 2.91. The van der Waals surface area contributed by atoms with Gasteiger partial charge in [0.05, 0.1) is 18.1 Å². The summed E-state index contributed by atoms with van der Waals surface area (Å²) in [7, 11) is 1.38. The lowest BCUT2D eigenvalue weighted by Gasteiger charge is -2.13. The van der Waals surface area contributed by atoms with Crippen LogP contribution >= 0.6 is 27.7 Å². The highest BCUT2D eigenvalue weighted by Crippen LogP contribution is 2.38. The van der Waals surface area contributed by atoms with Crippen molar-refractivity contribution >= 4 is 56.9 Å². The van der Waals surface area contributed by atoms with Crippen LogP contribution in [0, 0.1) is 0 Å². The van der Waals surface area contributed by atoms with Crippen LogP contribution in [-0.2, 0) is 19.1 Å². The molecule has 9 nitrogen and oxygen atoms in total. The number of carboxylic acid groups (broad SMARTS) is 1. The lowest BCUT2D eigenvalue weighted by molar-refractivity contribution is -0.149. The molecule has 0 bridgehead atoms. The van der Waals surface area contributed by atoms with Gasteiger partial charge in [0.1, 0.15) is 6.54 Å². The lowest BCUT2D eigenvalue weighted by atomic mass is 10.2. The van der Waals surface area contributed by atoms with Crippen molar-refractivity contribution in [3.63, 3.8) is 0 Å². The van der Waals surface area contributed by atoms with Crippen LogP contribution in [0.1, 0.15) is 19.4 Å². The predicted molar refractivity (Wildman–Crippen MR) is 108 cm³/mol. The van der Waals surface area contributed by atoms with E-state index >= 15 is 0 Å². The van der Waals surface area contributed by atoms with Crippen LogP contribution in [0.15, 0.2) is 21.5 Å². The topological polar surface area (TPSA) is 119 Å². The van der Waals surface area contributed by atoms with Gasteiger partial charge < -0.3 is 19.3 Å². The van der Waals surface area contributed by atoms with Crippen LogP contribution < -0.4 is 9.47 Å². The van der Waals surface area contributed by atoms with E-state index in [1.807, 2.05) is 0 Å². The molecule has 1 aliphatic heterocycles. The van der Waals surface area contributed by atoms with Crippen molar-refractivity contribution in [2.24, 2.45) is 0 Å². The number of nitrogens with zero attached hydrogens (tertiary/aromatic N) is 1. The van der Waals surface area contributed by atoms with Crippen LogP contribution in [0.4, 0.5) is 4.79 Å². The van der Waals surface area contributed by atoms with Gasteiger partial charge in [-0.1, -0.05) is 15.9 Å². The Balaban J connectivity index is 2.25. The lowest BCUT2D eigenvalue weighted by Crippen LogP contribution is -2.35. The van der Waals surface area contributed by atoms with E-state index in [2.05, 4.69) is 15.9 Å². The number of ether oxygens (including phenoxy) is 3. The molecule has 0 unspecified atom stereocenters. The summed E-state index contributed by atoms with van der Waals surface area (Å²) in [5.74, 6) is -1.98. The number of halogens is 1. The van der Waals surface area contributed by atoms with Gasteiger partial charge in [-0.2, -0.15) is 0 Å². The summed E-state index contributed by atoms with van der Waals surface area (Å²) in [4.78, 5) is 48.0. The summed E-state index contributed by atoms with van der Waals surface area (Å²) in [6, 6.07) is 3.03. The normalized spacial score (nSPS) is 15.2. The molecule has 1 fully saturated rings. The van der Waals surface area contributed by atoms with E-state index in [0.29, 0.717) is 21.8 Å². The molecule has 2 rings (SSSR count). The number of carbonyl (C=O) groups is 4. The number of amides is 2. The molecule has 0 radical (unpaired) electrons. The Morgan fingerprint density at radius 2 is 1.97 bits per heavy atom. The molecule has 156 valence electrons. The molecule has 1 aromatic rings. The number of thioether (sulfide) groups is 1. The fraction of sp³-hybridized carbons (Fsp3) is 0.333. The fourth-order valence-electron chi connectivity index (χ4n) is 2.28. The van der Waals surface area contributed by atoms with E-state index in [0.717, 1.165) is 4.90 Å². The van der Waals surface area contributed by atoms with Crippen molar-refractivity contribution in [1.82, 2.24) is 4.90 Å². The Morgan fingerprint density at radius 1 is 1.28 bits per heavy atom. The van der Waals surface area contributed by atoms with Gasteiger partial charge in [0.25, 0.3) is 11.1 Å². The maximum Gasteiger partial charge on any atom is 0.341 e. The average Bonchev–Trinajstić information content (AvgIpc) is 2.88. The average molecular weight is 488 g/mol. The first-order valence-corrected chi connectivity index (χ1v) is 9.90. The van der Waals surface area contributed by atoms with Crippen LogP contribution in [0.25, 0.3) is 6.08 Å². The van der Waals surface area contributed by atoms with Crippen molar-refractivity contribution in [3.8, 4) is 11.5 Å². The molecule has 0 saturated carbocycles. The Labute approximate surface area is 179 Å². The number of hydrogen-bond donors (Lipinski definition) is 1. The number of carbonyl (C=O) groups excluding carboxylic acids is 3. The second kappa shape index (κ2) is 9.79. The summed E-state index contributed by atoms with van der Waals surface area (Å²) in [6.07, 6.45) is 1.11. The van der Waals surface area contributed by atoms with Crippen LogP contribution in [-0.4, -0.2) is 59.5 Å². The number of aliphatic carboxylic acids is 1. The number of benzene rings is 1. The zero-order valence-electron chi connectivity index (χ0n) is 15.8. The quantitative estimate of drug-likeness (QED) is 0.435. The number of esters is 1. The summed E-state index contributed by atoms with van der Waals surface area (Å²) < 4.78 is 15.8. The molecular formula is C18H18BrNO8S. The van der Waals surface area contributed by atoms with Crippen LogP contribution in [0.3, 0.4) is 0 Å². The number of rotatable bonds is 8. The molecule has 1 N–H and O–H groups in total. The summed E-state index contributed by atoms with van der Waals surface area (Å²) >= 11 is 4.02. The molecule has 0 aromatic heterocycles. The molecule has 2 amide bonds. The first kappa shape index (κ1) is 22.8. The monoisotopic (exact) mass is 487 g/mol. The molecule has 0 atom stereocenters. The minimum Gasteiger partial charge on any atom is -0.493 e. The van der Waals surface area contributed by atoms with Crippen molar-refractivity contribution in [2.75, 3.05) is 20.3 Å². The largest absolute Gasteiger partial charge is 0.493 e. The first-order chi connectivity index (χ1) is 13.6. The van der Waals surface area contributed by atoms with Gasteiger partial charge in [0.15, 0.2) is 18.1 Å². The molecule has 0 aliphatic carbocycles. The molecule has 1 saturated heterocycles. The van der Waals surface area contributed by atoms with Gasteiger partial charge in [-0.3, -0.25) is 19.3 Å². The second-order valence-corrected chi connectivity index (χ2v) is 7.86. The highest BCUT2D eigenvalue weighted by atomic mass is 79.9. The third-order valence-electron chi connectivity index (χ3n) is 3.45. The van der Waals surface area contributed by atoms with E-state index in [1.54, 1.807) is 13.8 Å². The number of carboxylic acids is 1. The van der Waals surface area contributed by atoms with Gasteiger partial charge in [-0.25, -0.2) is 4.79 Å². The molecule has 1 heterocycles. The maximum atomic E-state index is 12.5. The van der Waals surface area contributed by atoms with Crippen LogP contribution in [0.2, 0.25) is 0 Å². The van der Waals surface area contributed by atoms with E-state index in [9.17, 15) is 19.2 Å². The minimum absolute atomic E-state index is 0.120. The zero-order valence-corrected chi connectivity index (χ0v) is 18.2. The van der Waals surface area contributed by atoms with Gasteiger partial charge in [-0.15, -0.1) is 0 Å². The summed E-state index contributed by atoms with van der Waals surface area (Å²) in [6.45, 7) is 2.32. The van der Waals surface area contributed by atoms with E-state index < -0.39 is 36.2 Å². The number of imide groups is 1. The standard InChI is InChI=1S/C18H18BrNO8S/c1-9(2)28-16(23)7-20-17(24)14(29-18(20)25)5-10-4-12(26-3)13(6-11(10)19)27-8-15(21)22/h4-6,9H,7-8H2,1-3H3,(H,21,22)/b14-5+. The molecule has 0 spiro atoms. The molecule has 11 heteroatoms. The van der Waals surface area contributed by atoms with Crippen molar-refractivity contribution < 1.29 is 38.5 Å². The maximum absolute atomic E-state index is 12.5. The Kier molecular flexibility index (Phi) is 7.68. The zero-order chi connectivity index (χ0) is 21.7. The Morgan fingerprint density at radius 3 is 2.55 bits per heavy atom. The van der Waals surface area contributed by atoms with E-state index in [1.165, 1.54) is 25.3 Å². The van der Waals surface area contributed by atoms with E-state index in [-0.39, 0.29) is 22.5 Å². The van der Waals surface area contributed by atoms with Gasteiger partial charge in [-0.05, 0) is 49.4 Å². The molecule has 1 aliphatic rings. The first-order valence-electron chi connectivity index (χ1n) is 8.29. The summed E-state index contributed by atoms with van der Waals surface area (Å²) in [5, 5.41) is 8.17. The van der Waals surface area contributed by atoms with Crippen molar-refractivity contribution in [3.05, 3.63) is 27.1 Å². The highest BCUT2D eigenvalue weighted by molar-refractivity contribution is 9.10. The third-order valence-corrected chi connectivity index (χ3v) is 5.04. The van der Waals surface area contributed by atoms with Gasteiger partial charge in [0.2, 0.25) is 0 Å².